The average molecular weight is 449 g/mol. The molecule has 2 aromatic carbocycles. The first-order valence-corrected chi connectivity index (χ1v) is 11.0. The van der Waals surface area contributed by atoms with Gasteiger partial charge in [0, 0.05) is 12.3 Å². The van der Waals surface area contributed by atoms with Crippen LogP contribution in [0.5, 0.6) is 0 Å². The number of thiazole rings is 1. The lowest BCUT2D eigenvalue weighted by Crippen LogP contribution is -2.30. The molecule has 0 aliphatic carbocycles. The van der Waals surface area contributed by atoms with Crippen molar-refractivity contribution in [3.05, 3.63) is 76.9 Å². The van der Waals surface area contributed by atoms with Crippen LogP contribution in [0.25, 0.3) is 6.08 Å². The number of benzene rings is 2. The molecule has 0 atom stereocenters. The van der Waals surface area contributed by atoms with Crippen molar-refractivity contribution in [3.8, 4) is 0 Å². The Labute approximate surface area is 189 Å². The van der Waals surface area contributed by atoms with Crippen LogP contribution in [0.3, 0.4) is 0 Å². The number of aryl methyl sites for hydroxylation is 1. The van der Waals surface area contributed by atoms with E-state index in [1.54, 1.807) is 16.4 Å². The maximum absolute atomic E-state index is 13.0. The van der Waals surface area contributed by atoms with Crippen LogP contribution in [-0.2, 0) is 16.0 Å². The van der Waals surface area contributed by atoms with Crippen molar-refractivity contribution in [2.75, 3.05) is 9.80 Å². The highest BCUT2D eigenvalue weighted by Gasteiger charge is 2.32. The predicted octanol–water partition coefficient (Wildman–Crippen LogP) is 4.65. The second-order valence-corrected chi connectivity index (χ2v) is 8.12. The molecule has 1 fully saturated rings. The fourth-order valence-electron chi connectivity index (χ4n) is 3.28. The van der Waals surface area contributed by atoms with Crippen molar-refractivity contribution in [1.29, 1.82) is 0 Å². The number of thiocarbonyl (C=S) groups is 1. The van der Waals surface area contributed by atoms with Crippen molar-refractivity contribution in [2.45, 2.75) is 20.3 Å². The molecule has 0 unspecified atom stereocenters. The van der Waals surface area contributed by atoms with E-state index in [1.807, 2.05) is 54.6 Å². The molecule has 1 N–H and O–H groups in total. The molecule has 8 heteroatoms. The van der Waals surface area contributed by atoms with Gasteiger partial charge in [-0.2, -0.15) is 0 Å². The summed E-state index contributed by atoms with van der Waals surface area (Å²) in [5.74, 6) is -0.378. The molecule has 0 spiro atoms. The van der Waals surface area contributed by atoms with Gasteiger partial charge < -0.3 is 5.32 Å². The Morgan fingerprint density at radius 2 is 2.00 bits per heavy atom. The molecule has 3 aromatic rings. The number of rotatable bonds is 5. The third-order valence-electron chi connectivity index (χ3n) is 4.78. The van der Waals surface area contributed by atoms with Gasteiger partial charge in [-0.3, -0.25) is 19.4 Å². The first-order chi connectivity index (χ1) is 15.0. The summed E-state index contributed by atoms with van der Waals surface area (Å²) in [6.07, 6.45) is 2.52. The quantitative estimate of drug-likeness (QED) is 0.455. The fraction of sp³-hybridized carbons (Fsp3) is 0.130. The lowest BCUT2D eigenvalue weighted by Gasteiger charge is -2.17. The molecule has 156 valence electrons. The zero-order chi connectivity index (χ0) is 22.0. The van der Waals surface area contributed by atoms with Gasteiger partial charge in [-0.1, -0.05) is 37.3 Å². The number of nitrogens with zero attached hydrogens (tertiary/aromatic N) is 3. The lowest BCUT2D eigenvalue weighted by atomic mass is 10.1. The van der Waals surface area contributed by atoms with Gasteiger partial charge in [0.25, 0.3) is 5.91 Å². The monoisotopic (exact) mass is 448 g/mol. The second-order valence-electron chi connectivity index (χ2n) is 6.90. The Hall–Kier alpha value is -3.36. The lowest BCUT2D eigenvalue weighted by molar-refractivity contribution is -0.116. The van der Waals surface area contributed by atoms with E-state index >= 15 is 0 Å². The first-order valence-electron chi connectivity index (χ1n) is 9.75. The van der Waals surface area contributed by atoms with E-state index in [0.717, 1.165) is 23.4 Å². The summed E-state index contributed by atoms with van der Waals surface area (Å²) < 4.78 is 0. The normalized spacial score (nSPS) is 14.8. The molecule has 1 aliphatic heterocycles. The number of amides is 2. The van der Waals surface area contributed by atoms with Gasteiger partial charge in [0.15, 0.2) is 10.2 Å². The largest absolute Gasteiger partial charge is 0.327 e. The van der Waals surface area contributed by atoms with E-state index in [1.165, 1.54) is 23.2 Å². The molecule has 0 radical (unpaired) electrons. The van der Waals surface area contributed by atoms with Gasteiger partial charge in [0.05, 0.1) is 17.1 Å². The first kappa shape index (κ1) is 20.9. The Kier molecular flexibility index (Phi) is 5.92. The van der Waals surface area contributed by atoms with E-state index < -0.39 is 0 Å². The molecule has 1 saturated heterocycles. The summed E-state index contributed by atoms with van der Waals surface area (Å²) in [5, 5.41) is 5.65. The molecule has 6 nitrogen and oxygen atoms in total. The van der Waals surface area contributed by atoms with E-state index in [0.29, 0.717) is 21.6 Å². The van der Waals surface area contributed by atoms with E-state index in [4.69, 9.17) is 12.2 Å². The highest BCUT2D eigenvalue weighted by Crippen LogP contribution is 2.30. The zero-order valence-electron chi connectivity index (χ0n) is 17.0. The van der Waals surface area contributed by atoms with Gasteiger partial charge in [0.1, 0.15) is 5.70 Å². The Morgan fingerprint density at radius 1 is 1.23 bits per heavy atom. The number of hydrogen-bond acceptors (Lipinski definition) is 5. The van der Waals surface area contributed by atoms with Crippen molar-refractivity contribution in [2.24, 2.45) is 0 Å². The maximum Gasteiger partial charge on any atom is 0.281 e. The van der Waals surface area contributed by atoms with Crippen LogP contribution in [0, 0.1) is 0 Å². The third-order valence-corrected chi connectivity index (χ3v) is 5.91. The van der Waals surface area contributed by atoms with Gasteiger partial charge in [0.2, 0.25) is 5.91 Å². The molecule has 1 aliphatic rings. The number of carbonyl (C=O) groups excluding carboxylic acids is 2. The third kappa shape index (κ3) is 4.26. The van der Waals surface area contributed by atoms with Crippen LogP contribution in [0.1, 0.15) is 25.1 Å². The summed E-state index contributed by atoms with van der Waals surface area (Å²) in [7, 11) is 0. The highest BCUT2D eigenvalue weighted by molar-refractivity contribution is 7.80. The Bertz CT molecular complexity index is 1190. The number of para-hydroxylation sites is 1. The van der Waals surface area contributed by atoms with Crippen LogP contribution < -0.4 is 15.1 Å². The van der Waals surface area contributed by atoms with E-state index in [-0.39, 0.29) is 11.8 Å². The van der Waals surface area contributed by atoms with Crippen LogP contribution in [-0.4, -0.2) is 21.9 Å². The predicted molar refractivity (Wildman–Crippen MR) is 128 cm³/mol. The molecule has 2 heterocycles. The minimum absolute atomic E-state index is 0.141. The molecule has 1 aromatic heterocycles. The molecule has 4 rings (SSSR count). The molecule has 0 bridgehead atoms. The second kappa shape index (κ2) is 8.79. The molecule has 31 heavy (non-hydrogen) atoms. The minimum Gasteiger partial charge on any atom is -0.327 e. The van der Waals surface area contributed by atoms with Crippen LogP contribution in [0.2, 0.25) is 0 Å². The van der Waals surface area contributed by atoms with Crippen LogP contribution in [0.15, 0.2) is 65.7 Å². The standard InChI is InChI=1S/C23H20N4O2S2/c1-3-16-8-7-11-19(12-16)27-21(29)20(25-22(27)30)13-17-14-31-23(24-17)26(15(2)28)18-9-5-4-6-10-18/h4-14H,3H2,1-2H3,(H,25,30)/b20-13+. The molecular formula is C23H20N4O2S2. The molecule has 0 saturated carbocycles. The summed E-state index contributed by atoms with van der Waals surface area (Å²) in [5.41, 5.74) is 3.51. The Balaban J connectivity index is 1.61. The number of hydrogen-bond donors (Lipinski definition) is 1. The van der Waals surface area contributed by atoms with Gasteiger partial charge in [-0.15, -0.1) is 11.3 Å². The summed E-state index contributed by atoms with van der Waals surface area (Å²) >= 11 is 6.73. The number of aromatic nitrogens is 1. The van der Waals surface area contributed by atoms with E-state index in [2.05, 4.69) is 17.2 Å². The number of nitrogens with one attached hydrogen (secondary N) is 1. The smallest absolute Gasteiger partial charge is 0.281 e. The van der Waals surface area contributed by atoms with Crippen molar-refractivity contribution in [1.82, 2.24) is 10.3 Å². The highest BCUT2D eigenvalue weighted by atomic mass is 32.1. The molecular weight excluding hydrogens is 428 g/mol. The van der Waals surface area contributed by atoms with Crippen molar-refractivity contribution < 1.29 is 9.59 Å². The number of anilines is 3. The SMILES string of the molecule is CCc1cccc(N2C(=O)/C(=C\c3csc(N(C(C)=O)c4ccccc4)n3)NC2=S)c1. The fourth-order valence-corrected chi connectivity index (χ4v) is 4.42. The average Bonchev–Trinajstić information content (AvgIpc) is 3.32. The van der Waals surface area contributed by atoms with Gasteiger partial charge in [-0.25, -0.2) is 4.98 Å². The topological polar surface area (TPSA) is 65.5 Å². The number of carbonyl (C=O) groups is 2. The van der Waals surface area contributed by atoms with Gasteiger partial charge in [-0.05, 0) is 54.5 Å². The Morgan fingerprint density at radius 3 is 2.71 bits per heavy atom. The zero-order valence-corrected chi connectivity index (χ0v) is 18.7. The summed E-state index contributed by atoms with van der Waals surface area (Å²) in [6, 6.07) is 17.1. The molecule has 2 amide bonds. The van der Waals surface area contributed by atoms with Crippen LogP contribution in [0.4, 0.5) is 16.5 Å². The maximum atomic E-state index is 13.0. The van der Waals surface area contributed by atoms with Crippen LogP contribution >= 0.6 is 23.6 Å². The summed E-state index contributed by atoms with van der Waals surface area (Å²) in [4.78, 5) is 32.8. The summed E-state index contributed by atoms with van der Waals surface area (Å²) in [6.45, 7) is 3.56. The van der Waals surface area contributed by atoms with E-state index in [9.17, 15) is 9.59 Å². The van der Waals surface area contributed by atoms with Gasteiger partial charge >= 0.3 is 0 Å². The minimum atomic E-state index is -0.237. The van der Waals surface area contributed by atoms with Crippen molar-refractivity contribution in [3.63, 3.8) is 0 Å². The van der Waals surface area contributed by atoms with Crippen molar-refractivity contribution >= 4 is 63.1 Å².